The maximum Gasteiger partial charge on any atom is 0.161 e. The van der Waals surface area contributed by atoms with E-state index in [1.807, 2.05) is 48.5 Å². The number of fused-ring (bicyclic) bond motifs is 6. The standard InChI is InChI=1S/C44H31N3O/c1-45-44(47-43(29-15-6-3-7-16-29)46-27-28-13-4-2-5-14-28)38-23-12-24-39-41(38)37-22-11-21-36(42(37)48-39)32-25-26-35-31-18-9-8-17-30(31)33-19-10-20-34(32)40(33)35/h3-4,6-26H,1-2,5,27H2/b46-43-,47-44-. The van der Waals surface area contributed by atoms with Gasteiger partial charge in [-0.2, -0.15) is 0 Å². The highest BCUT2D eigenvalue weighted by molar-refractivity contribution is 6.24. The molecule has 0 saturated heterocycles. The van der Waals surface area contributed by atoms with Crippen molar-refractivity contribution in [2.45, 2.75) is 12.8 Å². The zero-order valence-electron chi connectivity index (χ0n) is 26.4. The quantitative estimate of drug-likeness (QED) is 0.140. The first-order chi connectivity index (χ1) is 23.8. The topological polar surface area (TPSA) is 50.2 Å². The van der Waals surface area contributed by atoms with Crippen molar-refractivity contribution in [3.63, 3.8) is 0 Å². The minimum atomic E-state index is 0.507. The van der Waals surface area contributed by atoms with Gasteiger partial charge in [0, 0.05) is 27.5 Å². The lowest BCUT2D eigenvalue weighted by atomic mass is 9.93. The molecule has 9 rings (SSSR count). The van der Waals surface area contributed by atoms with Gasteiger partial charge < -0.3 is 4.42 Å². The highest BCUT2D eigenvalue weighted by atomic mass is 16.3. The highest BCUT2D eigenvalue weighted by Gasteiger charge is 2.24. The van der Waals surface area contributed by atoms with Crippen LogP contribution in [0.2, 0.25) is 0 Å². The normalized spacial score (nSPS) is 14.1. The number of nitrogens with zero attached hydrogens (tertiary/aromatic N) is 3. The first-order valence-electron chi connectivity index (χ1n) is 16.4. The zero-order chi connectivity index (χ0) is 32.0. The van der Waals surface area contributed by atoms with Crippen molar-refractivity contribution in [2.75, 3.05) is 6.54 Å². The lowest BCUT2D eigenvalue weighted by Crippen LogP contribution is -2.06. The molecule has 2 aliphatic rings. The summed E-state index contributed by atoms with van der Waals surface area (Å²) in [7, 11) is 0. The number of hydrogen-bond acceptors (Lipinski definition) is 2. The fourth-order valence-corrected chi connectivity index (χ4v) is 7.30. The number of allylic oxidation sites excluding steroid dienone is 2. The molecule has 0 saturated carbocycles. The van der Waals surface area contributed by atoms with Crippen LogP contribution in [0.5, 0.6) is 0 Å². The van der Waals surface area contributed by atoms with E-state index in [2.05, 4.69) is 103 Å². The minimum absolute atomic E-state index is 0.507. The lowest BCUT2D eigenvalue weighted by Gasteiger charge is -2.10. The van der Waals surface area contributed by atoms with Crippen LogP contribution in [0.3, 0.4) is 0 Å². The van der Waals surface area contributed by atoms with E-state index >= 15 is 0 Å². The number of rotatable bonds is 5. The molecule has 2 aliphatic carbocycles. The maximum absolute atomic E-state index is 6.71. The zero-order valence-corrected chi connectivity index (χ0v) is 26.4. The van der Waals surface area contributed by atoms with Gasteiger partial charge in [-0.15, -0.1) is 0 Å². The average molecular weight is 618 g/mol. The summed E-state index contributed by atoms with van der Waals surface area (Å²) in [5.74, 6) is 1.13. The third-order valence-electron chi connectivity index (χ3n) is 9.48. The van der Waals surface area contributed by atoms with E-state index in [1.54, 1.807) is 0 Å². The summed E-state index contributed by atoms with van der Waals surface area (Å²) < 4.78 is 6.71. The Balaban J connectivity index is 1.21. The molecule has 0 radical (unpaired) electrons. The first kappa shape index (κ1) is 28.1. The molecule has 7 aromatic rings. The van der Waals surface area contributed by atoms with Gasteiger partial charge in [0.2, 0.25) is 0 Å². The minimum Gasteiger partial charge on any atom is -0.455 e. The van der Waals surface area contributed by atoms with Crippen molar-refractivity contribution in [2.24, 2.45) is 15.0 Å². The molecule has 1 aromatic heterocycles. The van der Waals surface area contributed by atoms with E-state index in [9.17, 15) is 0 Å². The SMILES string of the molecule is C=N/C(=N\C(=N/CC1=CCCC=C1)c1ccccc1)c1cccc2oc3c(-c4ccc5c6c(cccc46)-c4ccccc4-5)cccc3c12. The van der Waals surface area contributed by atoms with Crippen LogP contribution in [0.4, 0.5) is 0 Å². The van der Waals surface area contributed by atoms with Crippen molar-refractivity contribution in [3.8, 4) is 33.4 Å². The Bertz CT molecular complexity index is 2520. The van der Waals surface area contributed by atoms with Crippen LogP contribution in [0.1, 0.15) is 24.0 Å². The van der Waals surface area contributed by atoms with Crippen LogP contribution in [-0.2, 0) is 0 Å². The predicted octanol–water partition coefficient (Wildman–Crippen LogP) is 11.2. The second kappa shape index (κ2) is 11.6. The number of hydrogen-bond donors (Lipinski definition) is 0. The lowest BCUT2D eigenvalue weighted by molar-refractivity contribution is 0.670. The molecular weight excluding hydrogens is 587 g/mol. The van der Waals surface area contributed by atoms with Crippen LogP contribution in [-0.4, -0.2) is 24.9 Å². The van der Waals surface area contributed by atoms with Crippen LogP contribution < -0.4 is 0 Å². The molecule has 228 valence electrons. The summed E-state index contributed by atoms with van der Waals surface area (Å²) in [6.45, 7) is 4.51. The van der Waals surface area contributed by atoms with Gasteiger partial charge in [-0.3, -0.25) is 4.99 Å². The molecule has 1 heterocycles. The Morgan fingerprint density at radius 1 is 0.604 bits per heavy atom. The van der Waals surface area contributed by atoms with E-state index in [0.29, 0.717) is 18.2 Å². The molecule has 4 nitrogen and oxygen atoms in total. The molecule has 4 heteroatoms. The Morgan fingerprint density at radius 2 is 1.31 bits per heavy atom. The van der Waals surface area contributed by atoms with Gasteiger partial charge in [-0.1, -0.05) is 133 Å². The van der Waals surface area contributed by atoms with Gasteiger partial charge in [0.15, 0.2) is 11.7 Å². The van der Waals surface area contributed by atoms with Crippen LogP contribution in [0.25, 0.3) is 66.1 Å². The summed E-state index contributed by atoms with van der Waals surface area (Å²) in [4.78, 5) is 14.5. The highest BCUT2D eigenvalue weighted by Crippen LogP contribution is 2.50. The van der Waals surface area contributed by atoms with Gasteiger partial charge in [-0.25, -0.2) is 9.98 Å². The summed E-state index contributed by atoms with van der Waals surface area (Å²) in [5, 5.41) is 4.49. The fourth-order valence-electron chi connectivity index (χ4n) is 7.30. The van der Waals surface area contributed by atoms with Gasteiger partial charge >= 0.3 is 0 Å². The fraction of sp³-hybridized carbons (Fsp3) is 0.0682. The molecular formula is C44H31N3O. The second-order valence-corrected chi connectivity index (χ2v) is 12.3. The molecule has 48 heavy (non-hydrogen) atoms. The number of aliphatic imine (C=N–C) groups is 3. The van der Waals surface area contributed by atoms with E-state index in [4.69, 9.17) is 14.4 Å². The second-order valence-electron chi connectivity index (χ2n) is 12.3. The molecule has 0 unspecified atom stereocenters. The third-order valence-corrected chi connectivity index (χ3v) is 9.48. The van der Waals surface area contributed by atoms with Crippen molar-refractivity contribution >= 4 is 51.1 Å². The van der Waals surface area contributed by atoms with Gasteiger partial charge in [-0.05, 0) is 69.8 Å². The monoisotopic (exact) mass is 617 g/mol. The van der Waals surface area contributed by atoms with E-state index in [1.165, 1.54) is 38.6 Å². The number of benzene rings is 6. The summed E-state index contributed by atoms with van der Waals surface area (Å²) in [6.07, 6.45) is 8.72. The predicted molar refractivity (Wildman–Crippen MR) is 201 cm³/mol. The smallest absolute Gasteiger partial charge is 0.161 e. The molecule has 0 fully saturated rings. The van der Waals surface area contributed by atoms with Crippen LogP contribution in [0.15, 0.2) is 165 Å². The first-order valence-corrected chi connectivity index (χ1v) is 16.4. The van der Waals surface area contributed by atoms with E-state index in [0.717, 1.165) is 57.0 Å². The number of amidine groups is 2. The molecule has 0 spiro atoms. The Kier molecular flexibility index (Phi) is 6.79. The average Bonchev–Trinajstić information content (AvgIpc) is 3.70. The van der Waals surface area contributed by atoms with Gasteiger partial charge in [0.1, 0.15) is 11.2 Å². The van der Waals surface area contributed by atoms with Crippen LogP contribution >= 0.6 is 0 Å². The van der Waals surface area contributed by atoms with Gasteiger partial charge in [0.25, 0.3) is 0 Å². The molecule has 0 atom stereocenters. The van der Waals surface area contributed by atoms with E-state index < -0.39 is 0 Å². The van der Waals surface area contributed by atoms with E-state index in [-0.39, 0.29) is 0 Å². The maximum atomic E-state index is 6.71. The van der Waals surface area contributed by atoms with Crippen molar-refractivity contribution < 1.29 is 4.42 Å². The molecule has 0 aliphatic heterocycles. The van der Waals surface area contributed by atoms with Gasteiger partial charge in [0.05, 0.1) is 6.54 Å². The van der Waals surface area contributed by atoms with Crippen LogP contribution in [0, 0.1) is 0 Å². The molecule has 6 aromatic carbocycles. The molecule has 0 amide bonds. The Hall–Kier alpha value is -6.13. The van der Waals surface area contributed by atoms with Crippen molar-refractivity contribution in [3.05, 3.63) is 156 Å². The molecule has 0 N–H and O–H groups in total. The summed E-state index contributed by atoms with van der Waals surface area (Å²) in [6, 6.07) is 42.3. The number of furan rings is 1. The van der Waals surface area contributed by atoms with Crippen molar-refractivity contribution in [1.82, 2.24) is 0 Å². The molecule has 0 bridgehead atoms. The van der Waals surface area contributed by atoms with Crippen molar-refractivity contribution in [1.29, 1.82) is 0 Å². The summed E-state index contributed by atoms with van der Waals surface area (Å²) >= 11 is 0. The Morgan fingerprint density at radius 3 is 2.10 bits per heavy atom. The Labute approximate surface area is 278 Å². The third kappa shape index (κ3) is 4.57. The largest absolute Gasteiger partial charge is 0.455 e. The summed E-state index contributed by atoms with van der Waals surface area (Å²) in [5.41, 5.74) is 11.9. The number of para-hydroxylation sites is 1.